The zero-order valence-corrected chi connectivity index (χ0v) is 25.8. The van der Waals surface area contributed by atoms with Gasteiger partial charge >= 0.3 is 0 Å². The summed E-state index contributed by atoms with van der Waals surface area (Å²) in [5.41, 5.74) is 0.557. The normalized spacial score (nSPS) is 18.5. The maximum absolute atomic E-state index is 15.4. The number of pyridine rings is 2. The van der Waals surface area contributed by atoms with Gasteiger partial charge in [0.15, 0.2) is 0 Å². The van der Waals surface area contributed by atoms with Crippen LogP contribution in [0.3, 0.4) is 0 Å². The van der Waals surface area contributed by atoms with E-state index in [1.165, 1.54) is 44.9 Å². The van der Waals surface area contributed by atoms with Gasteiger partial charge in [-0.25, -0.2) is 13.8 Å². The lowest BCUT2D eigenvalue weighted by molar-refractivity contribution is -0.0825. The summed E-state index contributed by atoms with van der Waals surface area (Å²) in [6.07, 6.45) is 17.4. The van der Waals surface area contributed by atoms with E-state index in [4.69, 9.17) is 9.47 Å². The summed E-state index contributed by atoms with van der Waals surface area (Å²) in [6.45, 7) is 6.54. The van der Waals surface area contributed by atoms with Gasteiger partial charge < -0.3 is 9.47 Å². The molecular weight excluding hydrogens is 537 g/mol. The topological polar surface area (TPSA) is 44.2 Å². The van der Waals surface area contributed by atoms with Crippen LogP contribution in [0, 0.1) is 23.7 Å². The summed E-state index contributed by atoms with van der Waals surface area (Å²) in [5, 5.41) is 0. The lowest BCUT2D eigenvalue weighted by Crippen LogP contribution is -2.33. The highest BCUT2D eigenvalue weighted by Crippen LogP contribution is 2.48. The van der Waals surface area contributed by atoms with E-state index in [0.29, 0.717) is 55.9 Å². The molecule has 1 fully saturated rings. The third-order valence-electron chi connectivity index (χ3n) is 9.20. The first-order valence-corrected chi connectivity index (χ1v) is 16.7. The fourth-order valence-corrected chi connectivity index (χ4v) is 6.45. The number of aryl methyl sites for hydroxylation is 1. The third kappa shape index (κ3) is 9.42. The molecule has 0 aliphatic heterocycles. The van der Waals surface area contributed by atoms with Crippen molar-refractivity contribution in [1.82, 2.24) is 9.97 Å². The Hall–Kier alpha value is -2.15. The van der Waals surface area contributed by atoms with Crippen LogP contribution in [0.1, 0.15) is 121 Å². The second kappa shape index (κ2) is 16.6. The standard InChI is InChI=1S/C35H51F3N2O2/c1-3-5-10-21-41-22-11-7-9-14-29-18-17-28-24-32(40-34(36)33(28)35(29,37)38)31-20-19-30(25-39-31)42-23-12-6-8-13-26(4-2)27-15-16-27/h19-20,24-27,29H,3-18,21-23H2,1-2H3. The predicted octanol–water partition coefficient (Wildman–Crippen LogP) is 10.1. The second-order valence-electron chi connectivity index (χ2n) is 12.4. The molecule has 0 N–H and O–H groups in total. The Kier molecular flexibility index (Phi) is 13.0. The third-order valence-corrected chi connectivity index (χ3v) is 9.20. The van der Waals surface area contributed by atoms with E-state index in [0.717, 1.165) is 50.5 Å². The monoisotopic (exact) mass is 588 g/mol. The van der Waals surface area contributed by atoms with Crippen molar-refractivity contribution in [3.05, 3.63) is 41.5 Å². The molecule has 1 saturated carbocycles. The zero-order chi connectivity index (χ0) is 29.8. The number of nitrogens with zero attached hydrogens (tertiary/aromatic N) is 2. The number of fused-ring (bicyclic) bond motifs is 1. The maximum Gasteiger partial charge on any atom is 0.280 e. The van der Waals surface area contributed by atoms with Crippen LogP contribution in [-0.4, -0.2) is 29.8 Å². The molecule has 0 bridgehead atoms. The fourth-order valence-electron chi connectivity index (χ4n) is 6.45. The van der Waals surface area contributed by atoms with Crippen LogP contribution in [0.4, 0.5) is 13.2 Å². The van der Waals surface area contributed by atoms with Gasteiger partial charge in [-0.15, -0.1) is 0 Å². The van der Waals surface area contributed by atoms with E-state index in [1.807, 2.05) is 0 Å². The van der Waals surface area contributed by atoms with Crippen LogP contribution in [0.5, 0.6) is 5.75 Å². The molecule has 234 valence electrons. The van der Waals surface area contributed by atoms with Crippen molar-refractivity contribution in [3.8, 4) is 17.1 Å². The summed E-state index contributed by atoms with van der Waals surface area (Å²) >= 11 is 0. The number of unbranched alkanes of at least 4 members (excludes halogenated alkanes) is 6. The minimum atomic E-state index is -3.22. The van der Waals surface area contributed by atoms with Gasteiger partial charge in [0.05, 0.1) is 29.8 Å². The van der Waals surface area contributed by atoms with Crippen LogP contribution in [0.2, 0.25) is 0 Å². The van der Waals surface area contributed by atoms with Crippen molar-refractivity contribution in [2.45, 2.75) is 123 Å². The minimum absolute atomic E-state index is 0.284. The Morgan fingerprint density at radius 2 is 1.67 bits per heavy atom. The van der Waals surface area contributed by atoms with E-state index in [1.54, 1.807) is 24.4 Å². The number of alkyl halides is 2. The quantitative estimate of drug-likeness (QED) is 0.114. The molecule has 0 spiro atoms. The van der Waals surface area contributed by atoms with Crippen molar-refractivity contribution in [2.24, 2.45) is 17.8 Å². The number of halogens is 3. The highest BCUT2D eigenvalue weighted by atomic mass is 19.3. The number of hydrogen-bond acceptors (Lipinski definition) is 4. The SMILES string of the molecule is CCCCCOCCCCCC1CCc2cc(-c3ccc(OCCCCCC(CC)C4CC4)cn3)nc(F)c2C1(F)F. The Morgan fingerprint density at radius 1 is 0.905 bits per heavy atom. The van der Waals surface area contributed by atoms with Crippen molar-refractivity contribution < 1.29 is 22.6 Å². The molecular formula is C35H51F3N2O2. The van der Waals surface area contributed by atoms with Crippen molar-refractivity contribution >= 4 is 0 Å². The summed E-state index contributed by atoms with van der Waals surface area (Å²) in [4.78, 5) is 8.33. The first-order valence-electron chi connectivity index (χ1n) is 16.7. The summed E-state index contributed by atoms with van der Waals surface area (Å²) in [6, 6.07) is 5.11. The molecule has 4 nitrogen and oxygen atoms in total. The minimum Gasteiger partial charge on any atom is -0.492 e. The molecule has 2 atom stereocenters. The average Bonchev–Trinajstić information content (AvgIpc) is 3.82. The molecule has 2 aliphatic rings. The second-order valence-corrected chi connectivity index (χ2v) is 12.4. The van der Waals surface area contributed by atoms with Gasteiger partial charge in [0.25, 0.3) is 5.92 Å². The Bertz CT molecular complexity index is 1070. The summed E-state index contributed by atoms with van der Waals surface area (Å²) in [5.74, 6) is -2.63. The van der Waals surface area contributed by atoms with E-state index >= 15 is 13.2 Å². The van der Waals surface area contributed by atoms with E-state index in [2.05, 4.69) is 23.8 Å². The number of hydrogen-bond donors (Lipinski definition) is 0. The Balaban J connectivity index is 1.22. The lowest BCUT2D eigenvalue weighted by atomic mass is 9.78. The number of rotatable bonds is 20. The van der Waals surface area contributed by atoms with Gasteiger partial charge in [-0.1, -0.05) is 65.2 Å². The zero-order valence-electron chi connectivity index (χ0n) is 25.8. The van der Waals surface area contributed by atoms with Crippen LogP contribution >= 0.6 is 0 Å². The van der Waals surface area contributed by atoms with Crippen molar-refractivity contribution in [2.75, 3.05) is 19.8 Å². The number of ether oxygens (including phenoxy) is 2. The summed E-state index contributed by atoms with van der Waals surface area (Å²) < 4.78 is 57.4. The molecule has 42 heavy (non-hydrogen) atoms. The Labute approximate surface area is 251 Å². The van der Waals surface area contributed by atoms with Gasteiger partial charge in [-0.05, 0) is 87.0 Å². The van der Waals surface area contributed by atoms with Crippen LogP contribution < -0.4 is 4.74 Å². The van der Waals surface area contributed by atoms with Gasteiger partial charge in [-0.2, -0.15) is 4.39 Å². The van der Waals surface area contributed by atoms with Gasteiger partial charge in [0, 0.05) is 19.1 Å². The molecule has 0 aromatic carbocycles. The molecule has 7 heteroatoms. The lowest BCUT2D eigenvalue weighted by Gasteiger charge is -2.33. The maximum atomic E-state index is 15.4. The molecule has 0 amide bonds. The molecule has 2 aliphatic carbocycles. The van der Waals surface area contributed by atoms with E-state index in [9.17, 15) is 0 Å². The van der Waals surface area contributed by atoms with Crippen LogP contribution in [0.25, 0.3) is 11.4 Å². The van der Waals surface area contributed by atoms with Gasteiger partial charge in [-0.3, -0.25) is 4.98 Å². The van der Waals surface area contributed by atoms with Crippen LogP contribution in [0.15, 0.2) is 24.4 Å². The van der Waals surface area contributed by atoms with Crippen molar-refractivity contribution in [3.63, 3.8) is 0 Å². The molecule has 0 saturated heterocycles. The summed E-state index contributed by atoms with van der Waals surface area (Å²) in [7, 11) is 0. The molecule has 2 aromatic heterocycles. The van der Waals surface area contributed by atoms with Gasteiger partial charge in [0.2, 0.25) is 5.95 Å². The van der Waals surface area contributed by atoms with E-state index < -0.39 is 23.4 Å². The average molecular weight is 589 g/mol. The largest absolute Gasteiger partial charge is 0.492 e. The predicted molar refractivity (Wildman–Crippen MR) is 162 cm³/mol. The molecule has 4 rings (SSSR count). The first kappa shape index (κ1) is 32.8. The smallest absolute Gasteiger partial charge is 0.280 e. The highest BCUT2D eigenvalue weighted by molar-refractivity contribution is 5.57. The fraction of sp³-hybridized carbons (Fsp3) is 0.714. The Morgan fingerprint density at radius 3 is 2.38 bits per heavy atom. The molecule has 0 radical (unpaired) electrons. The molecule has 2 aromatic rings. The van der Waals surface area contributed by atoms with Crippen molar-refractivity contribution in [1.29, 1.82) is 0 Å². The number of aromatic nitrogens is 2. The molecule has 2 heterocycles. The van der Waals surface area contributed by atoms with Crippen LogP contribution in [-0.2, 0) is 17.1 Å². The van der Waals surface area contributed by atoms with E-state index in [-0.39, 0.29) is 5.69 Å². The molecule has 2 unspecified atom stereocenters. The first-order chi connectivity index (χ1) is 20.4. The highest BCUT2D eigenvalue weighted by Gasteiger charge is 2.47. The van der Waals surface area contributed by atoms with Gasteiger partial charge in [0.1, 0.15) is 5.75 Å².